The third-order valence-electron chi connectivity index (χ3n) is 6.28. The molecule has 0 bridgehead atoms. The first-order valence-electron chi connectivity index (χ1n) is 12.4. The number of nitrogens with one attached hydrogen (secondary N) is 2. The number of alkyl halides is 3. The normalized spacial score (nSPS) is 11.8. The highest BCUT2D eigenvalue weighted by Gasteiger charge is 2.27. The number of primary sulfonamides is 1. The molecule has 0 fully saturated rings. The molecule has 0 aliphatic rings. The predicted molar refractivity (Wildman–Crippen MR) is 147 cm³/mol. The molecule has 14 heteroatoms. The molecular weight excluding hydrogens is 600 g/mol. The number of benzene rings is 4. The van der Waals surface area contributed by atoms with Gasteiger partial charge in [0.2, 0.25) is 10.0 Å². The Hall–Kier alpha value is -4.40. The van der Waals surface area contributed by atoms with Crippen molar-refractivity contribution in [3.8, 4) is 28.0 Å². The lowest BCUT2D eigenvalue weighted by Gasteiger charge is -2.18. The van der Waals surface area contributed by atoms with Crippen LogP contribution in [0.25, 0.3) is 22.3 Å². The molecule has 0 aromatic heterocycles. The zero-order chi connectivity index (χ0) is 31.5. The number of nitrogens with two attached hydrogens (primary N) is 1. The van der Waals surface area contributed by atoms with Crippen molar-refractivity contribution in [2.45, 2.75) is 17.6 Å². The fourth-order valence-electron chi connectivity index (χ4n) is 4.35. The van der Waals surface area contributed by atoms with Gasteiger partial charge in [-0.3, -0.25) is 4.79 Å². The first-order valence-corrected chi connectivity index (χ1v) is 13.9. The van der Waals surface area contributed by atoms with Gasteiger partial charge in [0.15, 0.2) is 17.5 Å². The van der Waals surface area contributed by atoms with Gasteiger partial charge in [-0.05, 0) is 64.7 Å². The maximum Gasteiger partial charge on any atom is 0.401 e. The highest BCUT2D eigenvalue weighted by molar-refractivity contribution is 7.89. The Balaban J connectivity index is 1.74. The van der Waals surface area contributed by atoms with Crippen molar-refractivity contribution >= 4 is 21.6 Å². The first-order chi connectivity index (χ1) is 20.2. The highest BCUT2D eigenvalue weighted by atomic mass is 32.2. The topological polar surface area (TPSA) is 111 Å². The summed E-state index contributed by atoms with van der Waals surface area (Å²) < 4.78 is 110. The number of rotatable bonds is 9. The van der Waals surface area contributed by atoms with Crippen LogP contribution < -0.4 is 20.5 Å². The van der Waals surface area contributed by atoms with Crippen LogP contribution in [0.3, 0.4) is 0 Å². The van der Waals surface area contributed by atoms with Crippen molar-refractivity contribution in [1.29, 1.82) is 0 Å². The average Bonchev–Trinajstić information content (AvgIpc) is 2.95. The van der Waals surface area contributed by atoms with E-state index >= 15 is 0 Å². The van der Waals surface area contributed by atoms with Gasteiger partial charge in [0.1, 0.15) is 10.6 Å². The maximum atomic E-state index is 14.7. The summed E-state index contributed by atoms with van der Waals surface area (Å²) in [6.07, 6.45) is -4.53. The van der Waals surface area contributed by atoms with Crippen LogP contribution in [0.4, 0.5) is 32.0 Å². The smallest absolute Gasteiger partial charge is 0.401 e. The van der Waals surface area contributed by atoms with E-state index in [2.05, 4.69) is 10.6 Å². The summed E-state index contributed by atoms with van der Waals surface area (Å²) in [6, 6.07) is 15.7. The zero-order valence-corrected chi connectivity index (χ0v) is 23.0. The van der Waals surface area contributed by atoms with E-state index in [9.17, 15) is 39.6 Å². The van der Waals surface area contributed by atoms with E-state index < -0.39 is 46.1 Å². The quantitative estimate of drug-likeness (QED) is 0.157. The highest BCUT2D eigenvalue weighted by Crippen LogP contribution is 2.37. The van der Waals surface area contributed by atoms with Gasteiger partial charge in [-0.25, -0.2) is 26.7 Å². The van der Waals surface area contributed by atoms with Crippen LogP contribution in [0.1, 0.15) is 15.9 Å². The number of hydrogen-bond donors (Lipinski definition) is 3. The Morgan fingerprint density at radius 1 is 0.860 bits per heavy atom. The Bertz CT molecular complexity index is 1800. The Labute approximate surface area is 242 Å². The largest absolute Gasteiger partial charge is 0.495 e. The van der Waals surface area contributed by atoms with Crippen LogP contribution >= 0.6 is 0 Å². The fraction of sp³-hybridized carbons (Fsp3) is 0.138. The molecule has 0 unspecified atom stereocenters. The van der Waals surface area contributed by atoms with Crippen LogP contribution in [-0.4, -0.2) is 34.2 Å². The van der Waals surface area contributed by atoms with Gasteiger partial charge in [-0.2, -0.15) is 13.2 Å². The lowest BCUT2D eigenvalue weighted by molar-refractivity contribution is -0.125. The van der Waals surface area contributed by atoms with E-state index in [1.807, 2.05) is 0 Å². The minimum Gasteiger partial charge on any atom is -0.495 e. The molecule has 226 valence electrons. The number of ether oxygens (including phenoxy) is 1. The van der Waals surface area contributed by atoms with E-state index in [4.69, 9.17) is 9.88 Å². The first kappa shape index (κ1) is 31.5. The summed E-state index contributed by atoms with van der Waals surface area (Å²) in [4.78, 5) is 12.6. The average molecular weight is 624 g/mol. The van der Waals surface area contributed by atoms with Crippen molar-refractivity contribution < 1.29 is 44.3 Å². The van der Waals surface area contributed by atoms with E-state index in [0.29, 0.717) is 11.1 Å². The molecule has 0 heterocycles. The minimum absolute atomic E-state index is 0.00997. The lowest BCUT2D eigenvalue weighted by atomic mass is 9.91. The summed E-state index contributed by atoms with van der Waals surface area (Å²) in [7, 11) is -2.95. The Kier molecular flexibility index (Phi) is 9.13. The van der Waals surface area contributed by atoms with Gasteiger partial charge >= 0.3 is 6.18 Å². The van der Waals surface area contributed by atoms with Gasteiger partial charge in [0, 0.05) is 23.4 Å². The number of halogens is 6. The van der Waals surface area contributed by atoms with Gasteiger partial charge in [0.25, 0.3) is 5.91 Å². The third kappa shape index (κ3) is 7.34. The van der Waals surface area contributed by atoms with Crippen molar-refractivity contribution in [3.05, 3.63) is 101 Å². The summed E-state index contributed by atoms with van der Waals surface area (Å²) in [5.74, 6) is -5.37. The molecule has 0 atom stereocenters. The summed E-state index contributed by atoms with van der Waals surface area (Å²) in [6.45, 7) is -1.68. The molecule has 43 heavy (non-hydrogen) atoms. The second-order valence-electron chi connectivity index (χ2n) is 9.22. The minimum atomic E-state index is -4.53. The monoisotopic (exact) mass is 623 g/mol. The van der Waals surface area contributed by atoms with Crippen LogP contribution in [0.15, 0.2) is 77.7 Å². The maximum absolute atomic E-state index is 14.7. The van der Waals surface area contributed by atoms with Crippen LogP contribution in [0, 0.1) is 17.5 Å². The molecule has 4 aromatic carbocycles. The van der Waals surface area contributed by atoms with Gasteiger partial charge < -0.3 is 15.4 Å². The lowest BCUT2D eigenvalue weighted by Crippen LogP contribution is -2.28. The number of sulfonamides is 1. The van der Waals surface area contributed by atoms with Crippen LogP contribution in [0.2, 0.25) is 0 Å². The van der Waals surface area contributed by atoms with Crippen molar-refractivity contribution in [2.24, 2.45) is 5.14 Å². The number of carbonyl (C=O) groups excluding carboxylic acids is 1. The molecule has 0 aliphatic carbocycles. The number of hydrogen-bond acceptors (Lipinski definition) is 5. The molecule has 0 spiro atoms. The van der Waals surface area contributed by atoms with Gasteiger partial charge in [0.05, 0.1) is 13.7 Å². The van der Waals surface area contributed by atoms with Gasteiger partial charge in [-0.1, -0.05) is 30.3 Å². The Morgan fingerprint density at radius 2 is 1.51 bits per heavy atom. The molecule has 4 rings (SSSR count). The molecule has 4 N–H and O–H groups in total. The van der Waals surface area contributed by atoms with Crippen LogP contribution in [0.5, 0.6) is 5.75 Å². The molecule has 7 nitrogen and oxygen atoms in total. The van der Waals surface area contributed by atoms with Crippen LogP contribution in [-0.2, 0) is 16.6 Å². The second kappa shape index (κ2) is 12.5. The molecule has 0 saturated heterocycles. The molecule has 0 aliphatic heterocycles. The third-order valence-corrected chi connectivity index (χ3v) is 7.23. The van der Waals surface area contributed by atoms with E-state index in [1.54, 1.807) is 6.07 Å². The van der Waals surface area contributed by atoms with E-state index in [-0.39, 0.29) is 45.1 Å². The summed E-state index contributed by atoms with van der Waals surface area (Å²) >= 11 is 0. The number of carbonyl (C=O) groups is 1. The molecule has 1 amide bonds. The van der Waals surface area contributed by atoms with Crippen molar-refractivity contribution in [3.63, 3.8) is 0 Å². The van der Waals surface area contributed by atoms with Crippen molar-refractivity contribution in [1.82, 2.24) is 5.32 Å². The molecular formula is C29H23F6N3O4S. The number of amides is 1. The number of anilines is 1. The SMILES string of the molecule is COc1cc(C(=O)Nc2ccc(-c3ccccc3-c3ccc(F)c(F)c3F)c(CNCC(F)(F)F)c2)ccc1S(N)(=O)=O. The molecule has 0 saturated carbocycles. The zero-order valence-electron chi connectivity index (χ0n) is 22.2. The number of methoxy groups -OCH3 is 1. The van der Waals surface area contributed by atoms with E-state index in [0.717, 1.165) is 24.3 Å². The standard InChI is InChI=1S/C29H23F6N3O4S/c1-42-24-13-16(6-11-25(24)43(36,40)41)28(39)38-18-7-8-19(17(12-18)14-37-15-29(33,34)35)20-4-2-3-5-21(20)22-9-10-23(30)27(32)26(22)31/h2-13,37H,14-15H2,1H3,(H,38,39)(H2,36,40,41). The van der Waals surface area contributed by atoms with Gasteiger partial charge in [-0.15, -0.1) is 0 Å². The van der Waals surface area contributed by atoms with Crippen molar-refractivity contribution in [2.75, 3.05) is 19.0 Å². The van der Waals surface area contributed by atoms with E-state index in [1.165, 1.54) is 49.6 Å². The Morgan fingerprint density at radius 3 is 2.14 bits per heavy atom. The molecule has 4 aromatic rings. The second-order valence-corrected chi connectivity index (χ2v) is 10.8. The predicted octanol–water partition coefficient (Wildman–Crippen LogP) is 6.00. The summed E-state index contributed by atoms with van der Waals surface area (Å²) in [5.41, 5.74) is 0.907. The fourth-order valence-corrected chi connectivity index (χ4v) is 5.03. The molecule has 0 radical (unpaired) electrons. The summed E-state index contributed by atoms with van der Waals surface area (Å²) in [5, 5.41) is 10.0.